The molecule has 2 fully saturated rings. The number of amides is 1. The maximum absolute atomic E-state index is 12.3. The molecule has 3 atom stereocenters. The molecule has 0 aliphatic heterocycles. The summed E-state index contributed by atoms with van der Waals surface area (Å²) in [7, 11) is 0. The highest BCUT2D eigenvalue weighted by molar-refractivity contribution is 5.94. The minimum absolute atomic E-state index is 0.166. The number of aliphatic hydroxyl groups excluding tert-OH is 1. The highest BCUT2D eigenvalue weighted by Crippen LogP contribution is 2.47. The molecule has 0 saturated heterocycles. The second-order valence-corrected chi connectivity index (χ2v) is 6.00. The second-order valence-electron chi connectivity index (χ2n) is 6.00. The minimum Gasteiger partial charge on any atom is -0.384 e. The van der Waals surface area contributed by atoms with Crippen molar-refractivity contribution in [3.63, 3.8) is 0 Å². The van der Waals surface area contributed by atoms with Crippen molar-refractivity contribution in [2.75, 3.05) is 13.2 Å². The van der Waals surface area contributed by atoms with Crippen LogP contribution in [0.3, 0.4) is 0 Å². The SMILES string of the molecule is O=C(NCC1CC2CCC1C2)c1ncccc1C#CCO. The molecule has 2 bridgehead atoms. The lowest BCUT2D eigenvalue weighted by Crippen LogP contribution is -2.32. The summed E-state index contributed by atoms with van der Waals surface area (Å²) in [5.74, 6) is 7.49. The van der Waals surface area contributed by atoms with Gasteiger partial charge in [-0.1, -0.05) is 18.3 Å². The first-order chi connectivity index (χ1) is 10.3. The van der Waals surface area contributed by atoms with Gasteiger partial charge in [0.05, 0.1) is 5.56 Å². The van der Waals surface area contributed by atoms with Crippen LogP contribution in [-0.4, -0.2) is 29.1 Å². The number of hydrogen-bond donors (Lipinski definition) is 2. The number of carbonyl (C=O) groups is 1. The summed E-state index contributed by atoms with van der Waals surface area (Å²) in [6.45, 7) is 0.518. The Labute approximate surface area is 125 Å². The van der Waals surface area contributed by atoms with Crippen LogP contribution in [0.25, 0.3) is 0 Å². The van der Waals surface area contributed by atoms with Crippen LogP contribution in [0, 0.1) is 29.6 Å². The van der Waals surface area contributed by atoms with Crippen molar-refractivity contribution in [2.45, 2.75) is 25.7 Å². The average Bonchev–Trinajstić information content (AvgIpc) is 3.13. The van der Waals surface area contributed by atoms with Crippen molar-refractivity contribution in [1.82, 2.24) is 10.3 Å². The molecule has 0 spiro atoms. The molecule has 2 aliphatic carbocycles. The number of aliphatic hydroxyl groups is 1. The van der Waals surface area contributed by atoms with Crippen molar-refractivity contribution in [2.24, 2.45) is 17.8 Å². The van der Waals surface area contributed by atoms with E-state index in [1.54, 1.807) is 18.3 Å². The summed E-state index contributed by atoms with van der Waals surface area (Å²) in [6.07, 6.45) is 6.89. The topological polar surface area (TPSA) is 62.2 Å². The van der Waals surface area contributed by atoms with Crippen molar-refractivity contribution in [3.05, 3.63) is 29.6 Å². The first-order valence-corrected chi connectivity index (χ1v) is 7.61. The molecule has 4 heteroatoms. The highest BCUT2D eigenvalue weighted by Gasteiger charge is 2.39. The van der Waals surface area contributed by atoms with E-state index in [2.05, 4.69) is 22.1 Å². The van der Waals surface area contributed by atoms with Gasteiger partial charge in [-0.05, 0) is 49.1 Å². The number of fused-ring (bicyclic) bond motifs is 2. The van der Waals surface area contributed by atoms with Gasteiger partial charge in [0, 0.05) is 12.7 Å². The van der Waals surface area contributed by atoms with Gasteiger partial charge in [-0.25, -0.2) is 4.98 Å². The molecule has 1 amide bonds. The number of rotatable bonds is 3. The third kappa shape index (κ3) is 3.08. The van der Waals surface area contributed by atoms with E-state index >= 15 is 0 Å². The van der Waals surface area contributed by atoms with Crippen molar-refractivity contribution < 1.29 is 9.90 Å². The zero-order valence-corrected chi connectivity index (χ0v) is 12.0. The molecule has 2 aliphatic rings. The van der Waals surface area contributed by atoms with Gasteiger partial charge in [0.1, 0.15) is 12.3 Å². The van der Waals surface area contributed by atoms with E-state index in [0.717, 1.165) is 18.4 Å². The molecule has 110 valence electrons. The first kappa shape index (κ1) is 14.1. The zero-order valence-electron chi connectivity index (χ0n) is 12.0. The van der Waals surface area contributed by atoms with Gasteiger partial charge in [-0.2, -0.15) is 0 Å². The zero-order chi connectivity index (χ0) is 14.7. The van der Waals surface area contributed by atoms with Gasteiger partial charge < -0.3 is 10.4 Å². The summed E-state index contributed by atoms with van der Waals surface area (Å²) in [6, 6.07) is 3.50. The Balaban J connectivity index is 1.63. The van der Waals surface area contributed by atoms with Crippen LogP contribution in [0.5, 0.6) is 0 Å². The lowest BCUT2D eigenvalue weighted by Gasteiger charge is -2.21. The van der Waals surface area contributed by atoms with Crippen molar-refractivity contribution in [3.8, 4) is 11.8 Å². The number of hydrogen-bond acceptors (Lipinski definition) is 3. The number of nitrogens with zero attached hydrogens (tertiary/aromatic N) is 1. The summed E-state index contributed by atoms with van der Waals surface area (Å²) in [4.78, 5) is 16.4. The predicted octanol–water partition coefficient (Wildman–Crippen LogP) is 1.59. The second kappa shape index (κ2) is 6.28. The van der Waals surface area contributed by atoms with E-state index < -0.39 is 0 Å². The Morgan fingerprint density at radius 1 is 1.43 bits per heavy atom. The van der Waals surface area contributed by atoms with Crippen molar-refractivity contribution >= 4 is 5.91 Å². The van der Waals surface area contributed by atoms with E-state index in [1.807, 2.05) is 0 Å². The number of carbonyl (C=O) groups excluding carboxylic acids is 1. The van der Waals surface area contributed by atoms with Crippen LogP contribution in [0.4, 0.5) is 0 Å². The Morgan fingerprint density at radius 2 is 2.33 bits per heavy atom. The molecule has 1 aromatic heterocycles. The molecular formula is C17H20N2O2. The minimum atomic E-state index is -0.221. The molecule has 1 aromatic rings. The summed E-state index contributed by atoms with van der Waals surface area (Å²) >= 11 is 0. The predicted molar refractivity (Wildman–Crippen MR) is 79.5 cm³/mol. The monoisotopic (exact) mass is 284 g/mol. The molecule has 3 unspecified atom stereocenters. The van der Waals surface area contributed by atoms with Gasteiger partial charge in [0.2, 0.25) is 0 Å². The lowest BCUT2D eigenvalue weighted by molar-refractivity contribution is 0.0936. The first-order valence-electron chi connectivity index (χ1n) is 7.61. The van der Waals surface area contributed by atoms with E-state index in [-0.39, 0.29) is 12.5 Å². The van der Waals surface area contributed by atoms with E-state index in [1.165, 1.54) is 25.7 Å². The molecule has 0 aromatic carbocycles. The third-order valence-electron chi connectivity index (χ3n) is 4.73. The summed E-state index contributed by atoms with van der Waals surface area (Å²) in [5.41, 5.74) is 0.915. The largest absolute Gasteiger partial charge is 0.384 e. The van der Waals surface area contributed by atoms with Gasteiger partial charge >= 0.3 is 0 Å². The molecule has 3 rings (SSSR count). The standard InChI is InChI=1S/C17H20N2O2/c20-8-2-4-13-3-1-7-18-16(13)17(21)19-11-15-10-12-5-6-14(15)9-12/h1,3,7,12,14-15,20H,5-6,8-11H2,(H,19,21). The molecule has 0 radical (unpaired) electrons. The number of aromatic nitrogens is 1. The van der Waals surface area contributed by atoms with E-state index in [4.69, 9.17) is 5.11 Å². The Morgan fingerprint density at radius 3 is 3.05 bits per heavy atom. The Hall–Kier alpha value is -1.86. The fourth-order valence-corrected chi connectivity index (χ4v) is 3.76. The van der Waals surface area contributed by atoms with Crippen LogP contribution in [-0.2, 0) is 0 Å². The number of pyridine rings is 1. The normalized spacial score (nSPS) is 26.2. The van der Waals surface area contributed by atoms with Gasteiger partial charge in [0.25, 0.3) is 5.91 Å². The molecule has 2 saturated carbocycles. The molecule has 4 nitrogen and oxygen atoms in total. The van der Waals surface area contributed by atoms with Gasteiger partial charge in [0.15, 0.2) is 0 Å². The third-order valence-corrected chi connectivity index (χ3v) is 4.73. The maximum atomic E-state index is 12.3. The molecular weight excluding hydrogens is 264 g/mol. The van der Waals surface area contributed by atoms with Crippen LogP contribution in [0.2, 0.25) is 0 Å². The lowest BCUT2D eigenvalue weighted by atomic mass is 9.89. The van der Waals surface area contributed by atoms with Crippen LogP contribution in [0.1, 0.15) is 41.7 Å². The Bertz CT molecular complexity index is 588. The van der Waals surface area contributed by atoms with E-state index in [0.29, 0.717) is 17.2 Å². The van der Waals surface area contributed by atoms with Crippen LogP contribution >= 0.6 is 0 Å². The maximum Gasteiger partial charge on any atom is 0.271 e. The van der Waals surface area contributed by atoms with Crippen LogP contribution < -0.4 is 5.32 Å². The smallest absolute Gasteiger partial charge is 0.271 e. The quantitative estimate of drug-likeness (QED) is 0.829. The number of nitrogens with one attached hydrogen (secondary N) is 1. The Kier molecular flexibility index (Phi) is 4.21. The molecule has 1 heterocycles. The van der Waals surface area contributed by atoms with Gasteiger partial charge in [-0.3, -0.25) is 4.79 Å². The fourth-order valence-electron chi connectivity index (χ4n) is 3.76. The van der Waals surface area contributed by atoms with Gasteiger partial charge in [-0.15, -0.1) is 0 Å². The summed E-state index contributed by atoms with van der Waals surface area (Å²) < 4.78 is 0. The fraction of sp³-hybridized carbons (Fsp3) is 0.529. The average molecular weight is 284 g/mol. The summed E-state index contributed by atoms with van der Waals surface area (Å²) in [5, 5.41) is 11.8. The highest BCUT2D eigenvalue weighted by atomic mass is 16.2. The van der Waals surface area contributed by atoms with Crippen molar-refractivity contribution in [1.29, 1.82) is 0 Å². The molecule has 2 N–H and O–H groups in total. The van der Waals surface area contributed by atoms with Crippen LogP contribution in [0.15, 0.2) is 18.3 Å². The van der Waals surface area contributed by atoms with E-state index in [9.17, 15) is 4.79 Å². The molecule has 21 heavy (non-hydrogen) atoms.